The van der Waals surface area contributed by atoms with Crippen LogP contribution in [-0.4, -0.2) is 60.7 Å². The summed E-state index contributed by atoms with van der Waals surface area (Å²) in [4.78, 5) is 40.5. The van der Waals surface area contributed by atoms with Crippen LogP contribution in [0.5, 0.6) is 0 Å². The number of carbonyl (C=O) groups is 1. The number of hydrogen-bond acceptors (Lipinski definition) is 9. The number of imidazole rings is 1. The van der Waals surface area contributed by atoms with Gasteiger partial charge in [0.25, 0.3) is 5.82 Å². The second kappa shape index (κ2) is 12.9. The average molecular weight is 693 g/mol. The normalized spacial score (nSPS) is 11.2. The van der Waals surface area contributed by atoms with Gasteiger partial charge in [0.1, 0.15) is 30.6 Å². The molecule has 0 aliphatic carbocycles. The van der Waals surface area contributed by atoms with Crippen LogP contribution in [-0.2, 0) is 11.3 Å². The molecule has 13 nitrogen and oxygen atoms in total. The van der Waals surface area contributed by atoms with Crippen LogP contribution in [0.1, 0.15) is 11.5 Å². The van der Waals surface area contributed by atoms with Crippen molar-refractivity contribution in [1.29, 1.82) is 5.26 Å². The predicted molar refractivity (Wildman–Crippen MR) is 148 cm³/mol. The number of aromatic nitrogens is 5. The second-order valence-electron chi connectivity index (χ2n) is 8.97. The molecule has 40 heavy (non-hydrogen) atoms. The molecule has 1 aromatic carbocycles. The molecule has 0 aliphatic rings. The maximum Gasteiger partial charge on any atom is 0.278 e. The van der Waals surface area contributed by atoms with Crippen molar-refractivity contribution in [2.75, 3.05) is 31.3 Å². The molecule has 0 saturated carbocycles. The monoisotopic (exact) mass is 690 g/mol. The fourth-order valence-electron chi connectivity index (χ4n) is 3.70. The van der Waals surface area contributed by atoms with E-state index in [4.69, 9.17) is 16.9 Å². The van der Waals surface area contributed by atoms with Gasteiger partial charge in [-0.15, -0.1) is 0 Å². The zero-order valence-corrected chi connectivity index (χ0v) is 25.0. The third-order valence-electron chi connectivity index (χ3n) is 5.49. The van der Waals surface area contributed by atoms with E-state index < -0.39 is 10.9 Å². The van der Waals surface area contributed by atoms with Crippen molar-refractivity contribution >= 4 is 61.7 Å². The summed E-state index contributed by atoms with van der Waals surface area (Å²) >= 11 is 9.55. The number of fused-ring (bicyclic) bond motifs is 1. The SMILES string of the molecule is C[N+](C)(C/C=C/C(=O)Nc1cc2c(Nc3ccc(Br)c(Cl)c3)ncnc2cn1)Cc1cnc(C#N)n1[N+](=O)[O-].[Br-]. The molecule has 4 aromatic rings. The van der Waals surface area contributed by atoms with E-state index in [2.05, 4.69) is 46.5 Å². The summed E-state index contributed by atoms with van der Waals surface area (Å²) in [5.41, 5.74) is 1.58. The lowest BCUT2D eigenvalue weighted by Crippen LogP contribution is -3.00. The molecule has 0 saturated heterocycles. The maximum atomic E-state index is 12.6. The number of anilines is 3. The van der Waals surface area contributed by atoms with Crippen LogP contribution in [0.15, 0.2) is 59.6 Å². The van der Waals surface area contributed by atoms with Crippen molar-refractivity contribution in [3.63, 3.8) is 0 Å². The smallest absolute Gasteiger partial charge is 0.278 e. The van der Waals surface area contributed by atoms with Crippen molar-refractivity contribution in [3.8, 4) is 6.07 Å². The van der Waals surface area contributed by atoms with Gasteiger partial charge in [0, 0.05) is 21.6 Å². The Morgan fingerprint density at radius 3 is 2.73 bits per heavy atom. The number of nitrogens with zero attached hydrogens (tertiary/aromatic N) is 8. The van der Waals surface area contributed by atoms with Gasteiger partial charge in [0.15, 0.2) is 10.7 Å². The summed E-state index contributed by atoms with van der Waals surface area (Å²) in [7, 11) is 3.67. The molecule has 0 aliphatic heterocycles. The summed E-state index contributed by atoms with van der Waals surface area (Å²) in [6.45, 7) is 0.591. The van der Waals surface area contributed by atoms with E-state index in [0.29, 0.717) is 38.8 Å². The Morgan fingerprint density at radius 1 is 1.25 bits per heavy atom. The summed E-state index contributed by atoms with van der Waals surface area (Å²) in [5.74, 6) is 0.114. The van der Waals surface area contributed by atoms with Gasteiger partial charge in [-0.3, -0.25) is 4.79 Å². The molecule has 0 atom stereocenters. The number of hydrogen-bond donors (Lipinski definition) is 2. The quantitative estimate of drug-likeness (QED) is 0.113. The highest BCUT2D eigenvalue weighted by Gasteiger charge is 2.25. The third kappa shape index (κ3) is 7.36. The molecule has 0 spiro atoms. The zero-order chi connectivity index (χ0) is 28.2. The lowest BCUT2D eigenvalue weighted by Gasteiger charge is -2.27. The van der Waals surface area contributed by atoms with Crippen molar-refractivity contribution in [3.05, 3.63) is 86.3 Å². The van der Waals surface area contributed by atoms with E-state index in [9.17, 15) is 14.9 Å². The number of quaternary nitrogens is 1. The molecule has 0 unspecified atom stereocenters. The highest BCUT2D eigenvalue weighted by Crippen LogP contribution is 2.29. The number of nitro groups is 1. The van der Waals surface area contributed by atoms with Gasteiger partial charge in [-0.05, 0) is 50.9 Å². The molecule has 3 aromatic heterocycles. The van der Waals surface area contributed by atoms with Gasteiger partial charge in [-0.2, -0.15) is 5.26 Å². The van der Waals surface area contributed by atoms with Gasteiger partial charge < -0.3 is 32.1 Å². The summed E-state index contributed by atoms with van der Waals surface area (Å²) in [6, 6.07) is 8.77. The summed E-state index contributed by atoms with van der Waals surface area (Å²) in [6.07, 6.45) is 7.27. The lowest BCUT2D eigenvalue weighted by atomic mass is 10.2. The van der Waals surface area contributed by atoms with Crippen LogP contribution in [0.2, 0.25) is 5.02 Å². The minimum Gasteiger partial charge on any atom is -1.00 e. The molecule has 3 heterocycles. The first kappa shape index (κ1) is 30.6. The zero-order valence-electron chi connectivity index (χ0n) is 21.0. The molecule has 0 bridgehead atoms. The predicted octanol–water partition coefficient (Wildman–Crippen LogP) is 1.07. The van der Waals surface area contributed by atoms with E-state index in [1.165, 1.54) is 24.8 Å². The third-order valence-corrected chi connectivity index (χ3v) is 6.72. The maximum absolute atomic E-state index is 12.6. The number of nitrogens with one attached hydrogen (secondary N) is 2. The minimum absolute atomic E-state index is 0. The Balaban J connectivity index is 0.00000441. The van der Waals surface area contributed by atoms with Crippen LogP contribution in [0.3, 0.4) is 0 Å². The van der Waals surface area contributed by atoms with Crippen LogP contribution < -0.4 is 27.6 Å². The van der Waals surface area contributed by atoms with Gasteiger partial charge in [0.2, 0.25) is 5.91 Å². The van der Waals surface area contributed by atoms with Crippen LogP contribution in [0, 0.1) is 21.4 Å². The van der Waals surface area contributed by atoms with E-state index in [0.717, 1.165) is 10.2 Å². The largest absolute Gasteiger partial charge is 1.00 e. The fraction of sp³-hybridized carbons (Fsp3) is 0.167. The average Bonchev–Trinajstić information content (AvgIpc) is 3.28. The Bertz CT molecular complexity index is 1650. The molecule has 2 N–H and O–H groups in total. The highest BCUT2D eigenvalue weighted by atomic mass is 79.9. The molecule has 1 amide bonds. The van der Waals surface area contributed by atoms with Crippen LogP contribution in [0.25, 0.3) is 10.9 Å². The first-order chi connectivity index (χ1) is 18.6. The molecule has 16 heteroatoms. The van der Waals surface area contributed by atoms with E-state index in [1.54, 1.807) is 24.3 Å². The molecule has 0 fully saturated rings. The van der Waals surface area contributed by atoms with Crippen LogP contribution in [0.4, 0.5) is 17.3 Å². The Morgan fingerprint density at radius 2 is 2.02 bits per heavy atom. The molecule has 4 rings (SSSR count). The Labute approximate surface area is 252 Å². The minimum atomic E-state index is -0.680. The number of halogens is 3. The fourth-order valence-corrected chi connectivity index (χ4v) is 4.13. The van der Waals surface area contributed by atoms with E-state index in [-0.39, 0.29) is 39.5 Å². The number of amides is 1. The van der Waals surface area contributed by atoms with Crippen molar-refractivity contribution < 1.29 is 31.3 Å². The Hall–Kier alpha value is -3.97. The van der Waals surface area contributed by atoms with Crippen LogP contribution >= 0.6 is 27.5 Å². The number of nitriles is 1. The van der Waals surface area contributed by atoms with Gasteiger partial charge in [-0.1, -0.05) is 11.6 Å². The molecule has 206 valence electrons. The number of likely N-dealkylation sites (N-methyl/N-ethyl adjacent to an activating group) is 1. The summed E-state index contributed by atoms with van der Waals surface area (Å²) in [5, 5.41) is 26.8. The lowest BCUT2D eigenvalue weighted by molar-refractivity contribution is -0.899. The first-order valence-electron chi connectivity index (χ1n) is 11.3. The number of benzene rings is 1. The molecular formula is C24H21Br2ClN10O3. The van der Waals surface area contributed by atoms with Gasteiger partial charge >= 0.3 is 0 Å². The number of pyridine rings is 1. The van der Waals surface area contributed by atoms with Crippen molar-refractivity contribution in [1.82, 2.24) is 24.6 Å². The summed E-state index contributed by atoms with van der Waals surface area (Å²) < 4.78 is 1.71. The standard InChI is InChI=1S/C24H20BrClN10O3.BrH/c1-36(2,13-16-11-29-22(10-27)34(16)35(38)39)7-3-4-23(37)33-21-9-17-20(12-28-21)30-14-31-24(17)32-15-5-6-18(25)19(26)8-15;/h3-6,8-9,11-12,14H,7,13H2,1-2H3,(H-,28,30,31,32,33,37);1H/b4-3+;. The molecular weight excluding hydrogens is 672 g/mol. The van der Waals surface area contributed by atoms with Gasteiger partial charge in [0.05, 0.1) is 43.6 Å². The van der Waals surface area contributed by atoms with Crippen molar-refractivity contribution in [2.24, 2.45) is 0 Å². The number of carbonyl (C=O) groups excluding carboxylic acids is 1. The second-order valence-corrected chi connectivity index (χ2v) is 10.2. The van der Waals surface area contributed by atoms with Crippen molar-refractivity contribution in [2.45, 2.75) is 6.54 Å². The van der Waals surface area contributed by atoms with E-state index in [1.807, 2.05) is 26.2 Å². The topological polar surface area (TPSA) is 165 Å². The Kier molecular flexibility index (Phi) is 9.88. The first-order valence-corrected chi connectivity index (χ1v) is 12.5. The van der Waals surface area contributed by atoms with E-state index >= 15 is 0 Å². The molecule has 0 radical (unpaired) electrons. The van der Waals surface area contributed by atoms with Gasteiger partial charge in [-0.25, -0.2) is 30.1 Å². The highest BCUT2D eigenvalue weighted by molar-refractivity contribution is 9.10. The number of rotatable bonds is 9.